The first-order valence-electron chi connectivity index (χ1n) is 5.64. The van der Waals surface area contributed by atoms with Crippen LogP contribution >= 0.6 is 11.8 Å². The third kappa shape index (κ3) is 3.25. The van der Waals surface area contributed by atoms with E-state index in [-0.39, 0.29) is 11.5 Å². The van der Waals surface area contributed by atoms with Gasteiger partial charge in [-0.1, -0.05) is 20.8 Å². The molecule has 0 saturated heterocycles. The van der Waals surface area contributed by atoms with Crippen LogP contribution in [0.5, 0.6) is 0 Å². The van der Waals surface area contributed by atoms with E-state index >= 15 is 0 Å². The Hall–Kier alpha value is -0.480. The van der Waals surface area contributed by atoms with Crippen molar-refractivity contribution in [3.05, 3.63) is 11.8 Å². The highest BCUT2D eigenvalue weighted by molar-refractivity contribution is 8.00. The second-order valence-electron chi connectivity index (χ2n) is 5.51. The van der Waals surface area contributed by atoms with E-state index in [0.29, 0.717) is 5.25 Å². The van der Waals surface area contributed by atoms with E-state index in [2.05, 4.69) is 38.9 Å². The van der Waals surface area contributed by atoms with Gasteiger partial charge in [0.1, 0.15) is 0 Å². The van der Waals surface area contributed by atoms with Crippen LogP contribution in [0.25, 0.3) is 0 Å². The fraction of sp³-hybridized carbons (Fsp3) is 0.750. The Morgan fingerprint density at radius 3 is 2.31 bits per heavy atom. The van der Waals surface area contributed by atoms with Gasteiger partial charge in [-0.2, -0.15) is 5.10 Å². The number of rotatable bonds is 3. The lowest BCUT2D eigenvalue weighted by Gasteiger charge is -2.32. The molecule has 0 amide bonds. The molecular formula is C12H23N3S. The molecule has 0 fully saturated rings. The number of nitrogens with two attached hydrogens (primary N) is 1. The lowest BCUT2D eigenvalue weighted by Crippen LogP contribution is -2.39. The number of hydrogen-bond acceptors (Lipinski definition) is 3. The fourth-order valence-electron chi connectivity index (χ4n) is 1.90. The van der Waals surface area contributed by atoms with Crippen LogP contribution in [0, 0.1) is 12.3 Å². The van der Waals surface area contributed by atoms with E-state index < -0.39 is 0 Å². The fourth-order valence-corrected chi connectivity index (χ4v) is 3.16. The summed E-state index contributed by atoms with van der Waals surface area (Å²) in [5.74, 6) is 0. The smallest absolute Gasteiger partial charge is 0.0942 e. The van der Waals surface area contributed by atoms with E-state index in [1.54, 1.807) is 0 Å². The average Bonchev–Trinajstić information content (AvgIpc) is 2.38. The summed E-state index contributed by atoms with van der Waals surface area (Å²) in [5.41, 5.74) is 7.33. The van der Waals surface area contributed by atoms with E-state index in [0.717, 1.165) is 5.69 Å². The van der Waals surface area contributed by atoms with Crippen molar-refractivity contribution in [1.82, 2.24) is 9.78 Å². The minimum atomic E-state index is 0.167. The first kappa shape index (κ1) is 13.6. The van der Waals surface area contributed by atoms with Crippen LogP contribution in [0.3, 0.4) is 0 Å². The molecule has 1 rings (SSSR count). The van der Waals surface area contributed by atoms with Gasteiger partial charge in [-0.15, -0.1) is 11.8 Å². The van der Waals surface area contributed by atoms with E-state index in [4.69, 9.17) is 5.73 Å². The molecule has 0 aliphatic rings. The molecule has 1 heterocycles. The highest BCUT2D eigenvalue weighted by Crippen LogP contribution is 2.36. The third-order valence-electron chi connectivity index (χ3n) is 2.54. The van der Waals surface area contributed by atoms with Gasteiger partial charge in [-0.3, -0.25) is 4.68 Å². The molecule has 16 heavy (non-hydrogen) atoms. The third-order valence-corrected chi connectivity index (χ3v) is 4.55. The van der Waals surface area contributed by atoms with Crippen molar-refractivity contribution in [3.63, 3.8) is 0 Å². The predicted molar refractivity (Wildman–Crippen MR) is 70.7 cm³/mol. The molecular weight excluding hydrogens is 218 g/mol. The number of nitrogens with zero attached hydrogens (tertiary/aromatic N) is 2. The highest BCUT2D eigenvalue weighted by Gasteiger charge is 2.29. The molecule has 1 aromatic rings. The van der Waals surface area contributed by atoms with Crippen molar-refractivity contribution in [2.75, 3.05) is 0 Å². The van der Waals surface area contributed by atoms with Gasteiger partial charge in [-0.25, -0.2) is 0 Å². The van der Waals surface area contributed by atoms with Crippen molar-refractivity contribution in [1.29, 1.82) is 0 Å². The summed E-state index contributed by atoms with van der Waals surface area (Å²) in [7, 11) is 1.98. The molecule has 0 aliphatic heterocycles. The molecule has 0 radical (unpaired) electrons. The summed E-state index contributed by atoms with van der Waals surface area (Å²) >= 11 is 1.83. The van der Waals surface area contributed by atoms with E-state index in [9.17, 15) is 0 Å². The molecule has 0 spiro atoms. The van der Waals surface area contributed by atoms with E-state index in [1.807, 2.05) is 30.4 Å². The zero-order valence-electron chi connectivity index (χ0n) is 11.1. The summed E-state index contributed by atoms with van der Waals surface area (Å²) in [6.07, 6.45) is 0. The lowest BCUT2D eigenvalue weighted by molar-refractivity contribution is 0.363. The maximum atomic E-state index is 6.08. The number of aryl methyl sites for hydroxylation is 2. The van der Waals surface area contributed by atoms with Crippen molar-refractivity contribution in [3.8, 4) is 0 Å². The Morgan fingerprint density at radius 2 is 2.00 bits per heavy atom. The van der Waals surface area contributed by atoms with Crippen molar-refractivity contribution >= 4 is 11.8 Å². The van der Waals surface area contributed by atoms with Crippen LogP contribution in [0.2, 0.25) is 0 Å². The highest BCUT2D eigenvalue weighted by atomic mass is 32.2. The van der Waals surface area contributed by atoms with Crippen LogP contribution in [0.4, 0.5) is 0 Å². The zero-order valence-corrected chi connectivity index (χ0v) is 11.9. The molecule has 2 atom stereocenters. The Morgan fingerprint density at radius 1 is 1.44 bits per heavy atom. The minimum absolute atomic E-state index is 0.167. The summed E-state index contributed by atoms with van der Waals surface area (Å²) < 4.78 is 1.93. The quantitative estimate of drug-likeness (QED) is 0.827. The Bertz CT molecular complexity index is 350. The molecule has 92 valence electrons. The van der Waals surface area contributed by atoms with Crippen LogP contribution in [-0.4, -0.2) is 21.1 Å². The molecule has 0 aromatic carbocycles. The monoisotopic (exact) mass is 241 g/mol. The van der Waals surface area contributed by atoms with Gasteiger partial charge in [0.2, 0.25) is 0 Å². The van der Waals surface area contributed by atoms with Crippen molar-refractivity contribution < 1.29 is 0 Å². The molecule has 0 saturated carbocycles. The Kier molecular flexibility index (Phi) is 4.07. The standard InChI is InChI=1S/C12H23N3S/c1-8-7-10(15(6)14-8)16-11(9(2)13)12(3,4)5/h7,9,11H,13H2,1-6H3. The second kappa shape index (κ2) is 4.80. The molecule has 2 unspecified atom stereocenters. The van der Waals surface area contributed by atoms with Crippen molar-refractivity contribution in [2.24, 2.45) is 18.2 Å². The number of hydrogen-bond donors (Lipinski definition) is 1. The van der Waals surface area contributed by atoms with Gasteiger partial charge in [0.25, 0.3) is 0 Å². The maximum absolute atomic E-state index is 6.08. The Balaban J connectivity index is 2.88. The average molecular weight is 241 g/mol. The van der Waals surface area contributed by atoms with Crippen LogP contribution < -0.4 is 5.73 Å². The topological polar surface area (TPSA) is 43.8 Å². The second-order valence-corrected chi connectivity index (χ2v) is 6.67. The summed E-state index contributed by atoms with van der Waals surface area (Å²) in [4.78, 5) is 0. The SMILES string of the molecule is Cc1cc(SC(C(C)N)C(C)(C)C)n(C)n1. The minimum Gasteiger partial charge on any atom is -0.327 e. The number of aromatic nitrogens is 2. The van der Waals surface area contributed by atoms with Crippen LogP contribution in [0.15, 0.2) is 11.1 Å². The summed E-state index contributed by atoms with van der Waals surface area (Å²) in [5, 5.41) is 5.94. The van der Waals surface area contributed by atoms with Gasteiger partial charge in [0, 0.05) is 18.3 Å². The molecule has 4 heteroatoms. The predicted octanol–water partition coefficient (Wildman–Crippen LogP) is 2.58. The molecule has 0 bridgehead atoms. The molecule has 2 N–H and O–H groups in total. The van der Waals surface area contributed by atoms with Gasteiger partial charge in [0.15, 0.2) is 0 Å². The Labute approximate surface area is 103 Å². The normalized spacial score (nSPS) is 16.2. The first-order chi connectivity index (χ1) is 7.21. The lowest BCUT2D eigenvalue weighted by atomic mass is 9.88. The zero-order chi connectivity index (χ0) is 12.5. The van der Waals surface area contributed by atoms with Gasteiger partial charge in [-0.05, 0) is 25.3 Å². The summed E-state index contributed by atoms with van der Waals surface area (Å²) in [6, 6.07) is 2.28. The van der Waals surface area contributed by atoms with E-state index in [1.165, 1.54) is 5.03 Å². The largest absolute Gasteiger partial charge is 0.327 e. The maximum Gasteiger partial charge on any atom is 0.0942 e. The van der Waals surface area contributed by atoms with Gasteiger partial charge < -0.3 is 5.73 Å². The summed E-state index contributed by atoms with van der Waals surface area (Å²) in [6.45, 7) is 10.8. The molecule has 3 nitrogen and oxygen atoms in total. The molecule has 0 aliphatic carbocycles. The van der Waals surface area contributed by atoms with Crippen LogP contribution in [-0.2, 0) is 7.05 Å². The van der Waals surface area contributed by atoms with Crippen LogP contribution in [0.1, 0.15) is 33.4 Å². The first-order valence-corrected chi connectivity index (χ1v) is 6.52. The molecule has 1 aromatic heterocycles. The van der Waals surface area contributed by atoms with Crippen molar-refractivity contribution in [2.45, 2.75) is 50.9 Å². The van der Waals surface area contributed by atoms with Gasteiger partial charge in [0.05, 0.1) is 10.7 Å². The number of thioether (sulfide) groups is 1. The van der Waals surface area contributed by atoms with Gasteiger partial charge >= 0.3 is 0 Å².